The Hall–Kier alpha value is -3.37. The Balaban J connectivity index is 2.18. The molecule has 0 saturated heterocycles. The Bertz CT molecular complexity index is 843. The normalized spacial score (nSPS) is 11.9. The van der Waals surface area contributed by atoms with Crippen LogP contribution in [0.3, 0.4) is 0 Å². The first-order chi connectivity index (χ1) is 12.2. The number of anilines is 1. The number of hydrogen-bond donors (Lipinski definition) is 4. The summed E-state index contributed by atoms with van der Waals surface area (Å²) in [7, 11) is 0. The molecule has 11 heteroatoms. The van der Waals surface area contributed by atoms with Gasteiger partial charge in [-0.25, -0.2) is 19.9 Å². The van der Waals surface area contributed by atoms with E-state index < -0.39 is 23.6 Å². The molecule has 0 amide bonds. The van der Waals surface area contributed by atoms with E-state index in [1.54, 1.807) is 19.3 Å². The van der Waals surface area contributed by atoms with E-state index in [2.05, 4.69) is 25.3 Å². The second-order valence-electron chi connectivity index (χ2n) is 5.11. The van der Waals surface area contributed by atoms with Crippen LogP contribution in [0.15, 0.2) is 35.7 Å². The van der Waals surface area contributed by atoms with Crippen LogP contribution in [-0.4, -0.2) is 38.5 Å². The summed E-state index contributed by atoms with van der Waals surface area (Å²) in [6.45, 7) is 2.02. The minimum absolute atomic E-state index is 0.115. The molecule has 2 aromatic heterocycles. The number of nitrogens with one attached hydrogen (secondary N) is 3. The van der Waals surface area contributed by atoms with Crippen LogP contribution in [0, 0.1) is 17.7 Å². The standard InChI is InChI=1S/C15H15F3N8/c1-8-23-5-9(6-24-8)7-25-13-10(3-2-4-22-13)11(19)12(20)26-14(21)15(16,17)18/h2-6,19H,7H2,1H3,(H,22,25)(H3,20,21,26). The second kappa shape index (κ2) is 7.68. The molecule has 5 N–H and O–H groups in total. The lowest BCUT2D eigenvalue weighted by Gasteiger charge is -2.11. The summed E-state index contributed by atoms with van der Waals surface area (Å²) in [5.41, 5.74) is 5.11. The van der Waals surface area contributed by atoms with E-state index in [1.807, 2.05) is 0 Å². The third-order valence-electron chi connectivity index (χ3n) is 3.13. The molecule has 0 aliphatic rings. The van der Waals surface area contributed by atoms with Gasteiger partial charge in [-0.3, -0.25) is 10.8 Å². The van der Waals surface area contributed by atoms with E-state index in [9.17, 15) is 13.2 Å². The summed E-state index contributed by atoms with van der Waals surface area (Å²) in [6.07, 6.45) is -0.199. The smallest absolute Gasteiger partial charge is 0.380 e. The van der Waals surface area contributed by atoms with E-state index >= 15 is 0 Å². The summed E-state index contributed by atoms with van der Waals surface area (Å²) in [5.74, 6) is -1.79. The van der Waals surface area contributed by atoms with Crippen LogP contribution in [0.1, 0.15) is 17.0 Å². The van der Waals surface area contributed by atoms with Gasteiger partial charge in [0.05, 0.1) is 0 Å². The molecule has 26 heavy (non-hydrogen) atoms. The van der Waals surface area contributed by atoms with Crippen molar-refractivity contribution in [2.45, 2.75) is 19.6 Å². The van der Waals surface area contributed by atoms with Gasteiger partial charge in [0.15, 0.2) is 5.84 Å². The van der Waals surface area contributed by atoms with Crippen LogP contribution in [-0.2, 0) is 6.54 Å². The monoisotopic (exact) mass is 364 g/mol. The van der Waals surface area contributed by atoms with Gasteiger partial charge < -0.3 is 11.1 Å². The highest BCUT2D eigenvalue weighted by atomic mass is 19.4. The summed E-state index contributed by atoms with van der Waals surface area (Å²) in [4.78, 5) is 15.1. The van der Waals surface area contributed by atoms with Crippen LogP contribution in [0.25, 0.3) is 0 Å². The fourth-order valence-electron chi connectivity index (χ4n) is 1.81. The van der Waals surface area contributed by atoms with Gasteiger partial charge in [-0.15, -0.1) is 0 Å². The number of pyridine rings is 1. The molecule has 0 unspecified atom stereocenters. The van der Waals surface area contributed by atoms with Crippen molar-refractivity contribution in [3.05, 3.63) is 47.7 Å². The average molecular weight is 364 g/mol. The van der Waals surface area contributed by atoms with Gasteiger partial charge >= 0.3 is 6.18 Å². The predicted octanol–water partition coefficient (Wildman–Crippen LogP) is 2.06. The first-order valence-electron chi connectivity index (χ1n) is 7.24. The summed E-state index contributed by atoms with van der Waals surface area (Å²) < 4.78 is 37.3. The van der Waals surface area contributed by atoms with Gasteiger partial charge in [0.1, 0.15) is 17.4 Å². The van der Waals surface area contributed by atoms with Gasteiger partial charge in [0, 0.05) is 36.3 Å². The lowest BCUT2D eigenvalue weighted by atomic mass is 10.1. The van der Waals surface area contributed by atoms with Crippen LogP contribution >= 0.6 is 0 Å². The van der Waals surface area contributed by atoms with Crippen LogP contribution in [0.2, 0.25) is 0 Å². The van der Waals surface area contributed by atoms with Crippen molar-refractivity contribution in [2.24, 2.45) is 10.7 Å². The molecule has 2 aromatic rings. The number of aromatic nitrogens is 3. The van der Waals surface area contributed by atoms with Crippen molar-refractivity contribution >= 4 is 23.2 Å². The second-order valence-corrected chi connectivity index (χ2v) is 5.11. The Kier molecular flexibility index (Phi) is 5.60. The lowest BCUT2D eigenvalue weighted by Crippen LogP contribution is -2.33. The highest BCUT2D eigenvalue weighted by Crippen LogP contribution is 2.17. The first kappa shape index (κ1) is 19.0. The third kappa shape index (κ3) is 4.82. The van der Waals surface area contributed by atoms with Crippen molar-refractivity contribution in [3.8, 4) is 0 Å². The van der Waals surface area contributed by atoms with E-state index in [-0.39, 0.29) is 17.9 Å². The molecular formula is C15H15F3N8. The summed E-state index contributed by atoms with van der Waals surface area (Å²) in [5, 5.41) is 18.5. The Morgan fingerprint density at radius 3 is 2.50 bits per heavy atom. The molecule has 2 heterocycles. The fraction of sp³-hybridized carbons (Fsp3) is 0.200. The summed E-state index contributed by atoms with van der Waals surface area (Å²) >= 11 is 0. The molecule has 0 atom stereocenters. The van der Waals surface area contributed by atoms with E-state index in [0.717, 1.165) is 5.56 Å². The molecule has 0 aliphatic carbocycles. The number of aryl methyl sites for hydroxylation is 1. The van der Waals surface area contributed by atoms with Crippen LogP contribution in [0.5, 0.6) is 0 Å². The van der Waals surface area contributed by atoms with Crippen LogP contribution < -0.4 is 11.1 Å². The number of alkyl halides is 3. The zero-order valence-corrected chi connectivity index (χ0v) is 13.6. The van der Waals surface area contributed by atoms with Gasteiger partial charge in [0.2, 0.25) is 5.84 Å². The van der Waals surface area contributed by atoms with Crippen molar-refractivity contribution in [1.82, 2.24) is 15.0 Å². The SMILES string of the molecule is Cc1ncc(CNc2ncccc2C(=N)C(=N)N=C(N)C(F)(F)F)cn1. The van der Waals surface area contributed by atoms with Crippen molar-refractivity contribution in [2.75, 3.05) is 5.32 Å². The predicted molar refractivity (Wildman–Crippen MR) is 90.6 cm³/mol. The number of amidine groups is 2. The molecule has 0 radical (unpaired) electrons. The molecule has 0 fully saturated rings. The maximum absolute atomic E-state index is 12.4. The van der Waals surface area contributed by atoms with Gasteiger partial charge in [-0.2, -0.15) is 13.2 Å². The van der Waals surface area contributed by atoms with Gasteiger partial charge in [-0.1, -0.05) is 0 Å². The van der Waals surface area contributed by atoms with Crippen LogP contribution in [0.4, 0.5) is 19.0 Å². The molecule has 0 aromatic carbocycles. The quantitative estimate of drug-likeness (QED) is 0.475. The van der Waals surface area contributed by atoms with E-state index in [4.69, 9.17) is 16.6 Å². The fourth-order valence-corrected chi connectivity index (χ4v) is 1.81. The Morgan fingerprint density at radius 2 is 1.88 bits per heavy atom. The first-order valence-corrected chi connectivity index (χ1v) is 7.24. The number of nitrogens with zero attached hydrogens (tertiary/aromatic N) is 4. The third-order valence-corrected chi connectivity index (χ3v) is 3.13. The van der Waals surface area contributed by atoms with Gasteiger partial charge in [0.25, 0.3) is 0 Å². The largest absolute Gasteiger partial charge is 0.449 e. The van der Waals surface area contributed by atoms with E-state index in [1.165, 1.54) is 18.3 Å². The Labute approximate surface area is 146 Å². The molecule has 0 saturated carbocycles. The zero-order chi connectivity index (χ0) is 19.3. The number of rotatable bonds is 5. The van der Waals surface area contributed by atoms with Crippen molar-refractivity contribution in [1.29, 1.82) is 10.8 Å². The molecule has 0 spiro atoms. The van der Waals surface area contributed by atoms with Crippen molar-refractivity contribution < 1.29 is 13.2 Å². The van der Waals surface area contributed by atoms with Crippen molar-refractivity contribution in [3.63, 3.8) is 0 Å². The number of halogens is 3. The molecule has 0 bridgehead atoms. The van der Waals surface area contributed by atoms with Gasteiger partial charge in [-0.05, 0) is 19.1 Å². The topological polar surface area (TPSA) is 137 Å². The molecule has 136 valence electrons. The minimum atomic E-state index is -4.87. The maximum Gasteiger partial charge on any atom is 0.449 e. The minimum Gasteiger partial charge on any atom is -0.380 e. The molecule has 8 nitrogen and oxygen atoms in total. The lowest BCUT2D eigenvalue weighted by molar-refractivity contribution is -0.0597. The Morgan fingerprint density at radius 1 is 1.23 bits per heavy atom. The molecule has 0 aliphatic heterocycles. The molecular weight excluding hydrogens is 349 g/mol. The summed E-state index contributed by atoms with van der Waals surface area (Å²) in [6, 6.07) is 2.94. The highest BCUT2D eigenvalue weighted by Gasteiger charge is 2.34. The highest BCUT2D eigenvalue weighted by molar-refractivity contribution is 6.47. The maximum atomic E-state index is 12.4. The molecule has 2 rings (SSSR count). The number of aliphatic imine (C=N–C) groups is 1. The number of hydrogen-bond acceptors (Lipinski definition) is 6. The van der Waals surface area contributed by atoms with E-state index in [0.29, 0.717) is 5.82 Å². The number of nitrogens with two attached hydrogens (primary N) is 1. The average Bonchev–Trinajstić information content (AvgIpc) is 2.60. The zero-order valence-electron chi connectivity index (χ0n) is 13.6.